The van der Waals surface area contributed by atoms with Crippen molar-refractivity contribution in [3.8, 4) is 0 Å². The Morgan fingerprint density at radius 1 is 1.38 bits per heavy atom. The van der Waals surface area contributed by atoms with Crippen LogP contribution in [0.25, 0.3) is 0 Å². The van der Waals surface area contributed by atoms with Gasteiger partial charge in [-0.2, -0.15) is 0 Å². The van der Waals surface area contributed by atoms with Crippen LogP contribution in [0.4, 0.5) is 5.13 Å². The lowest BCUT2D eigenvalue weighted by Crippen LogP contribution is -2.48. The van der Waals surface area contributed by atoms with E-state index < -0.39 is 0 Å². The van der Waals surface area contributed by atoms with Crippen LogP contribution in [0.5, 0.6) is 0 Å². The highest BCUT2D eigenvalue weighted by Crippen LogP contribution is 2.18. The molecule has 0 aromatic carbocycles. The van der Waals surface area contributed by atoms with Gasteiger partial charge in [0.2, 0.25) is 0 Å². The summed E-state index contributed by atoms with van der Waals surface area (Å²) >= 11 is 1.52. The summed E-state index contributed by atoms with van der Waals surface area (Å²) in [5, 5.41) is 0.603. The molecule has 1 fully saturated rings. The molecule has 2 aromatic heterocycles. The summed E-state index contributed by atoms with van der Waals surface area (Å²) in [5.74, 6) is 0.380. The van der Waals surface area contributed by atoms with Crippen molar-refractivity contribution < 1.29 is 9.21 Å². The highest BCUT2D eigenvalue weighted by Gasteiger charge is 2.23. The summed E-state index contributed by atoms with van der Waals surface area (Å²) in [7, 11) is 0. The summed E-state index contributed by atoms with van der Waals surface area (Å²) < 4.78 is 5.15. The highest BCUT2D eigenvalue weighted by molar-refractivity contribution is 7.15. The third kappa shape index (κ3) is 3.75. The van der Waals surface area contributed by atoms with E-state index >= 15 is 0 Å². The number of anilines is 1. The van der Waals surface area contributed by atoms with Crippen LogP contribution in [0.15, 0.2) is 29.0 Å². The van der Waals surface area contributed by atoms with Crippen molar-refractivity contribution in [3.05, 3.63) is 35.2 Å². The quantitative estimate of drug-likeness (QED) is 0.928. The van der Waals surface area contributed by atoms with Crippen LogP contribution in [-0.2, 0) is 6.54 Å². The fraction of sp³-hybridized carbons (Fsp3) is 0.385. The van der Waals surface area contributed by atoms with Crippen LogP contribution in [0, 0.1) is 0 Å². The predicted octanol–water partition coefficient (Wildman–Crippen LogP) is 1.70. The van der Waals surface area contributed by atoms with Gasteiger partial charge < -0.3 is 15.1 Å². The van der Waals surface area contributed by atoms with E-state index in [4.69, 9.17) is 10.2 Å². The minimum atomic E-state index is -0.0308. The Morgan fingerprint density at radius 2 is 2.14 bits per heavy atom. The number of furan rings is 1. The van der Waals surface area contributed by atoms with Gasteiger partial charge in [-0.25, -0.2) is 4.98 Å². The lowest BCUT2D eigenvalue weighted by Gasteiger charge is -2.33. The number of nitrogens with two attached hydrogens (primary N) is 1. The Kier molecular flexibility index (Phi) is 5.22. The Balaban J connectivity index is 0.00000161. The fourth-order valence-electron chi connectivity index (χ4n) is 2.28. The van der Waals surface area contributed by atoms with Gasteiger partial charge in [0.05, 0.1) is 6.26 Å². The molecule has 114 valence electrons. The van der Waals surface area contributed by atoms with Crippen molar-refractivity contribution >= 4 is 34.8 Å². The normalized spacial score (nSPS) is 15.7. The molecule has 0 saturated carbocycles. The molecule has 21 heavy (non-hydrogen) atoms. The monoisotopic (exact) mass is 328 g/mol. The van der Waals surface area contributed by atoms with Crippen molar-refractivity contribution in [2.45, 2.75) is 6.54 Å². The summed E-state index contributed by atoms with van der Waals surface area (Å²) in [6.45, 7) is 3.98. The molecular weight excluding hydrogens is 312 g/mol. The summed E-state index contributed by atoms with van der Waals surface area (Å²) in [4.78, 5) is 21.5. The van der Waals surface area contributed by atoms with Gasteiger partial charge in [0.1, 0.15) is 0 Å². The number of hydrogen-bond donors (Lipinski definition) is 1. The number of amides is 1. The maximum atomic E-state index is 12.1. The number of carbonyl (C=O) groups excluding carboxylic acids is 1. The van der Waals surface area contributed by atoms with Crippen LogP contribution in [0.2, 0.25) is 0 Å². The van der Waals surface area contributed by atoms with Crippen molar-refractivity contribution in [1.82, 2.24) is 14.8 Å². The van der Waals surface area contributed by atoms with Gasteiger partial charge in [-0.15, -0.1) is 23.7 Å². The Morgan fingerprint density at radius 3 is 2.71 bits per heavy atom. The standard InChI is InChI=1S/C13H16N4O2S.ClH/c14-13-15-8-10(20-13)9-16-3-5-17(6-4-16)12(18)11-2-1-7-19-11;/h1-2,7-8H,3-6,9H2,(H2,14,15);1H. The van der Waals surface area contributed by atoms with E-state index in [1.807, 2.05) is 11.1 Å². The van der Waals surface area contributed by atoms with Crippen LogP contribution in [-0.4, -0.2) is 46.9 Å². The average molecular weight is 329 g/mol. The second kappa shape index (κ2) is 6.93. The molecule has 0 atom stereocenters. The molecule has 0 aliphatic carbocycles. The van der Waals surface area contributed by atoms with Crippen molar-refractivity contribution in [2.24, 2.45) is 0 Å². The first kappa shape index (κ1) is 15.8. The van der Waals surface area contributed by atoms with Gasteiger partial charge >= 0.3 is 0 Å². The van der Waals surface area contributed by atoms with E-state index in [9.17, 15) is 4.79 Å². The lowest BCUT2D eigenvalue weighted by molar-refractivity contribution is 0.0599. The molecule has 1 saturated heterocycles. The first-order valence-electron chi connectivity index (χ1n) is 6.47. The van der Waals surface area contributed by atoms with Gasteiger partial charge in [0.25, 0.3) is 5.91 Å². The molecule has 0 unspecified atom stereocenters. The van der Waals surface area contributed by atoms with Crippen LogP contribution in [0.3, 0.4) is 0 Å². The molecule has 3 heterocycles. The number of aromatic nitrogens is 1. The highest BCUT2D eigenvalue weighted by atomic mass is 35.5. The van der Waals surface area contributed by atoms with E-state index in [2.05, 4.69) is 9.88 Å². The number of nitrogen functional groups attached to an aromatic ring is 1. The van der Waals surface area contributed by atoms with Crippen LogP contribution >= 0.6 is 23.7 Å². The van der Waals surface area contributed by atoms with Gasteiger partial charge in [0.15, 0.2) is 10.9 Å². The van der Waals surface area contributed by atoms with E-state index in [0.717, 1.165) is 24.5 Å². The van der Waals surface area contributed by atoms with Gasteiger partial charge in [-0.1, -0.05) is 0 Å². The minimum Gasteiger partial charge on any atom is -0.459 e. The number of carbonyl (C=O) groups is 1. The lowest BCUT2D eigenvalue weighted by atomic mass is 10.3. The smallest absolute Gasteiger partial charge is 0.289 e. The molecule has 1 aliphatic rings. The van der Waals surface area contributed by atoms with Crippen molar-refractivity contribution in [3.63, 3.8) is 0 Å². The molecule has 8 heteroatoms. The fourth-order valence-corrected chi connectivity index (χ4v) is 3.01. The topological polar surface area (TPSA) is 75.6 Å². The SMILES string of the molecule is Cl.Nc1ncc(CN2CCN(C(=O)c3ccco3)CC2)s1. The number of hydrogen-bond acceptors (Lipinski definition) is 6. The second-order valence-corrected chi connectivity index (χ2v) is 5.86. The third-order valence-electron chi connectivity index (χ3n) is 3.34. The molecule has 2 N–H and O–H groups in total. The van der Waals surface area contributed by atoms with Crippen molar-refractivity contribution in [1.29, 1.82) is 0 Å². The molecule has 1 aliphatic heterocycles. The van der Waals surface area contributed by atoms with E-state index in [-0.39, 0.29) is 18.3 Å². The predicted molar refractivity (Wildman–Crippen MR) is 83.7 cm³/mol. The summed E-state index contributed by atoms with van der Waals surface area (Å²) in [5.41, 5.74) is 5.63. The second-order valence-electron chi connectivity index (χ2n) is 4.71. The molecule has 6 nitrogen and oxygen atoms in total. The average Bonchev–Trinajstić information content (AvgIpc) is 3.11. The van der Waals surface area contributed by atoms with Crippen molar-refractivity contribution in [2.75, 3.05) is 31.9 Å². The number of thiazole rings is 1. The van der Waals surface area contributed by atoms with Crippen LogP contribution in [0.1, 0.15) is 15.4 Å². The maximum absolute atomic E-state index is 12.1. The number of rotatable bonds is 3. The molecule has 2 aromatic rings. The van der Waals surface area contributed by atoms with E-state index in [0.29, 0.717) is 24.0 Å². The molecule has 3 rings (SSSR count). The summed E-state index contributed by atoms with van der Waals surface area (Å²) in [6, 6.07) is 3.44. The van der Waals surface area contributed by atoms with Gasteiger partial charge in [-0.3, -0.25) is 9.69 Å². The maximum Gasteiger partial charge on any atom is 0.289 e. The molecule has 0 radical (unpaired) electrons. The van der Waals surface area contributed by atoms with Gasteiger partial charge in [0, 0.05) is 43.8 Å². The zero-order valence-corrected chi connectivity index (χ0v) is 13.0. The Bertz CT molecular complexity index is 579. The van der Waals surface area contributed by atoms with E-state index in [1.165, 1.54) is 17.6 Å². The minimum absolute atomic E-state index is 0. The molecule has 1 amide bonds. The first-order valence-corrected chi connectivity index (χ1v) is 7.29. The number of halogens is 1. The Hall–Kier alpha value is -1.57. The Labute approximate surface area is 133 Å². The zero-order chi connectivity index (χ0) is 13.9. The first-order chi connectivity index (χ1) is 9.72. The molecule has 0 spiro atoms. The van der Waals surface area contributed by atoms with E-state index in [1.54, 1.807) is 12.1 Å². The molecule has 0 bridgehead atoms. The largest absolute Gasteiger partial charge is 0.459 e. The van der Waals surface area contributed by atoms with Crippen LogP contribution < -0.4 is 5.73 Å². The number of nitrogens with zero attached hydrogens (tertiary/aromatic N) is 3. The zero-order valence-electron chi connectivity index (χ0n) is 11.4. The van der Waals surface area contributed by atoms with Gasteiger partial charge in [-0.05, 0) is 12.1 Å². The third-order valence-corrected chi connectivity index (χ3v) is 4.15. The number of piperazine rings is 1. The molecular formula is C13H17ClN4O2S. The summed E-state index contributed by atoms with van der Waals surface area (Å²) in [6.07, 6.45) is 3.35.